The van der Waals surface area contributed by atoms with E-state index in [2.05, 4.69) is 4.99 Å². The number of carbonyl (C=O) groups excluding carboxylic acids is 1. The van der Waals surface area contributed by atoms with E-state index in [-0.39, 0.29) is 30.3 Å². The first-order chi connectivity index (χ1) is 11.0. The summed E-state index contributed by atoms with van der Waals surface area (Å²) in [4.78, 5) is 15.3. The summed E-state index contributed by atoms with van der Waals surface area (Å²) in [6.45, 7) is 1.72. The molecule has 1 amide bonds. The predicted octanol–water partition coefficient (Wildman–Crippen LogP) is 2.61. The molecular formula is C14H14F5N3O2. The lowest BCUT2D eigenvalue weighted by Gasteiger charge is -2.30. The van der Waals surface area contributed by atoms with Crippen LogP contribution >= 0.6 is 0 Å². The molecule has 1 aliphatic rings. The molecule has 132 valence electrons. The number of anilines is 1. The lowest BCUT2D eigenvalue weighted by Crippen LogP contribution is -2.37. The Morgan fingerprint density at radius 1 is 1.46 bits per heavy atom. The Morgan fingerprint density at radius 3 is 2.71 bits per heavy atom. The van der Waals surface area contributed by atoms with Crippen LogP contribution in [0.2, 0.25) is 0 Å². The Labute approximate surface area is 133 Å². The number of ether oxygens (including phenoxy) is 1. The van der Waals surface area contributed by atoms with Gasteiger partial charge in [0.2, 0.25) is 0 Å². The van der Waals surface area contributed by atoms with E-state index >= 15 is 0 Å². The molecule has 5 nitrogen and oxygen atoms in total. The molecule has 0 spiro atoms. The van der Waals surface area contributed by atoms with Crippen molar-refractivity contribution in [2.45, 2.75) is 31.2 Å². The van der Waals surface area contributed by atoms with Crippen molar-refractivity contribution in [3.05, 3.63) is 29.6 Å². The van der Waals surface area contributed by atoms with Gasteiger partial charge in [0.05, 0.1) is 12.1 Å². The minimum Gasteiger partial charge on any atom is -0.465 e. The first-order valence-electron chi connectivity index (χ1n) is 6.83. The normalized spacial score (nSPS) is 22.3. The molecule has 0 aromatic heterocycles. The topological polar surface area (TPSA) is 76.7 Å². The van der Waals surface area contributed by atoms with E-state index in [4.69, 9.17) is 10.5 Å². The molecule has 0 fully saturated rings. The van der Waals surface area contributed by atoms with Crippen LogP contribution in [0.25, 0.3) is 0 Å². The maximum absolute atomic E-state index is 14.1. The van der Waals surface area contributed by atoms with Gasteiger partial charge in [-0.3, -0.25) is 4.79 Å². The summed E-state index contributed by atoms with van der Waals surface area (Å²) in [7, 11) is 0. The summed E-state index contributed by atoms with van der Waals surface area (Å²) in [5, 5.41) is 1.77. The Balaban J connectivity index is 2.30. The quantitative estimate of drug-likeness (QED) is 0.822. The molecule has 10 heteroatoms. The second kappa shape index (κ2) is 6.25. The number of nitrogens with one attached hydrogen (secondary N) is 1. The number of halogens is 5. The van der Waals surface area contributed by atoms with Crippen LogP contribution in [0, 0.1) is 5.82 Å². The van der Waals surface area contributed by atoms with Crippen molar-refractivity contribution in [2.75, 3.05) is 11.9 Å². The predicted molar refractivity (Wildman–Crippen MR) is 75.5 cm³/mol. The summed E-state index contributed by atoms with van der Waals surface area (Å²) in [6, 6.07) is 2.91. The average Bonchev–Trinajstić information content (AvgIpc) is 2.47. The van der Waals surface area contributed by atoms with Gasteiger partial charge < -0.3 is 15.8 Å². The fourth-order valence-electron chi connectivity index (χ4n) is 2.25. The van der Waals surface area contributed by atoms with Gasteiger partial charge in [-0.2, -0.15) is 13.2 Å². The zero-order chi connectivity index (χ0) is 18.1. The van der Waals surface area contributed by atoms with Gasteiger partial charge in [0.25, 0.3) is 18.1 Å². The number of alkyl halides is 4. The molecular weight excluding hydrogens is 337 g/mol. The lowest BCUT2D eigenvalue weighted by molar-refractivity contribution is -0.183. The highest BCUT2D eigenvalue weighted by molar-refractivity contribution is 5.94. The van der Waals surface area contributed by atoms with Crippen LogP contribution in [0.3, 0.4) is 0 Å². The summed E-state index contributed by atoms with van der Waals surface area (Å²) >= 11 is 0. The molecule has 1 heterocycles. The first kappa shape index (κ1) is 18.0. The number of hydrogen-bond donors (Lipinski definition) is 2. The standard InChI is InChI=1S/C14H14F5N3O2/c1-13(4-5-24-12(20)22-13)8-6-7(2-3-9(8)15)21-11(23)10(16)14(17,18)19/h2-3,6,10H,4-5H2,1H3,(H2,20,22)(H,21,23)/t10?,13-/m0/s1. The average molecular weight is 351 g/mol. The Hall–Kier alpha value is -2.39. The summed E-state index contributed by atoms with van der Waals surface area (Å²) in [5.74, 6) is -2.58. The maximum atomic E-state index is 14.1. The first-order valence-corrected chi connectivity index (χ1v) is 6.83. The number of nitrogens with two attached hydrogens (primary N) is 1. The molecule has 0 bridgehead atoms. The van der Waals surface area contributed by atoms with Crippen molar-refractivity contribution in [1.82, 2.24) is 0 Å². The number of amidine groups is 1. The highest BCUT2D eigenvalue weighted by Crippen LogP contribution is 2.35. The summed E-state index contributed by atoms with van der Waals surface area (Å²) in [6.07, 6.45) is -8.74. The van der Waals surface area contributed by atoms with Crippen LogP contribution < -0.4 is 11.1 Å². The van der Waals surface area contributed by atoms with Crippen molar-refractivity contribution in [2.24, 2.45) is 10.7 Å². The minimum atomic E-state index is -5.32. The highest BCUT2D eigenvalue weighted by atomic mass is 19.4. The van der Waals surface area contributed by atoms with E-state index in [9.17, 15) is 26.7 Å². The van der Waals surface area contributed by atoms with Crippen molar-refractivity contribution in [3.8, 4) is 0 Å². The van der Waals surface area contributed by atoms with Gasteiger partial charge >= 0.3 is 6.18 Å². The number of benzene rings is 1. The molecule has 0 radical (unpaired) electrons. The van der Waals surface area contributed by atoms with Gasteiger partial charge in [-0.05, 0) is 25.1 Å². The fourth-order valence-corrected chi connectivity index (χ4v) is 2.25. The second-order valence-corrected chi connectivity index (χ2v) is 5.41. The molecule has 2 rings (SSSR count). The van der Waals surface area contributed by atoms with E-state index < -0.39 is 29.6 Å². The number of hydrogen-bond acceptors (Lipinski definition) is 4. The maximum Gasteiger partial charge on any atom is 0.428 e. The van der Waals surface area contributed by atoms with Crippen molar-refractivity contribution in [3.63, 3.8) is 0 Å². The van der Waals surface area contributed by atoms with Crippen LogP contribution in [0.4, 0.5) is 27.6 Å². The third-order valence-electron chi connectivity index (χ3n) is 3.53. The van der Waals surface area contributed by atoms with Crippen LogP contribution in [0.1, 0.15) is 18.9 Å². The third-order valence-corrected chi connectivity index (χ3v) is 3.53. The van der Waals surface area contributed by atoms with Gasteiger partial charge in [0.15, 0.2) is 0 Å². The fraction of sp³-hybridized carbons (Fsp3) is 0.429. The number of aliphatic imine (C=N–C) groups is 1. The third kappa shape index (κ3) is 3.74. The van der Waals surface area contributed by atoms with E-state index in [0.717, 1.165) is 18.2 Å². The SMILES string of the molecule is C[C@@]1(c2cc(NC(=O)C(F)C(F)(F)F)ccc2F)CCOC(N)=N1. The molecule has 24 heavy (non-hydrogen) atoms. The number of carbonyl (C=O) groups is 1. The van der Waals surface area contributed by atoms with E-state index in [1.54, 1.807) is 12.2 Å². The van der Waals surface area contributed by atoms with Crippen molar-refractivity contribution >= 4 is 17.6 Å². The van der Waals surface area contributed by atoms with E-state index in [0.29, 0.717) is 0 Å². The Kier molecular flexibility index (Phi) is 4.68. The molecule has 1 aromatic carbocycles. The minimum absolute atomic E-state index is 0.00559. The molecule has 0 aliphatic carbocycles. The van der Waals surface area contributed by atoms with Crippen LogP contribution in [-0.2, 0) is 15.1 Å². The molecule has 0 saturated carbocycles. The largest absolute Gasteiger partial charge is 0.465 e. The molecule has 1 unspecified atom stereocenters. The molecule has 1 aliphatic heterocycles. The Morgan fingerprint density at radius 2 is 2.12 bits per heavy atom. The molecule has 0 saturated heterocycles. The zero-order valence-corrected chi connectivity index (χ0v) is 12.5. The van der Waals surface area contributed by atoms with E-state index in [1.807, 2.05) is 0 Å². The number of nitrogens with zero attached hydrogens (tertiary/aromatic N) is 1. The van der Waals surface area contributed by atoms with Crippen LogP contribution in [0.5, 0.6) is 0 Å². The summed E-state index contributed by atoms with van der Waals surface area (Å²) in [5.41, 5.74) is 4.15. The van der Waals surface area contributed by atoms with Crippen molar-refractivity contribution in [1.29, 1.82) is 0 Å². The smallest absolute Gasteiger partial charge is 0.428 e. The summed E-state index contributed by atoms with van der Waals surface area (Å²) < 4.78 is 68.6. The van der Waals surface area contributed by atoms with Crippen LogP contribution in [-0.4, -0.2) is 30.9 Å². The lowest BCUT2D eigenvalue weighted by atomic mass is 9.88. The number of rotatable bonds is 3. The second-order valence-electron chi connectivity index (χ2n) is 5.41. The van der Waals surface area contributed by atoms with Crippen LogP contribution in [0.15, 0.2) is 23.2 Å². The molecule has 1 aromatic rings. The molecule has 3 N–H and O–H groups in total. The van der Waals surface area contributed by atoms with Gasteiger partial charge in [-0.1, -0.05) is 0 Å². The van der Waals surface area contributed by atoms with Gasteiger partial charge in [0.1, 0.15) is 5.82 Å². The van der Waals surface area contributed by atoms with Gasteiger partial charge in [0, 0.05) is 17.7 Å². The van der Waals surface area contributed by atoms with Gasteiger partial charge in [-0.15, -0.1) is 0 Å². The monoisotopic (exact) mass is 351 g/mol. The number of amides is 1. The van der Waals surface area contributed by atoms with Crippen molar-refractivity contribution < 1.29 is 31.5 Å². The van der Waals surface area contributed by atoms with E-state index in [1.165, 1.54) is 0 Å². The Bertz CT molecular complexity index is 677. The molecule has 2 atom stereocenters. The highest BCUT2D eigenvalue weighted by Gasteiger charge is 2.45. The zero-order valence-electron chi connectivity index (χ0n) is 12.5. The van der Waals surface area contributed by atoms with Gasteiger partial charge in [-0.25, -0.2) is 13.8 Å².